The minimum absolute atomic E-state index is 0.0457. The highest BCUT2D eigenvalue weighted by Crippen LogP contribution is 2.25. The van der Waals surface area contributed by atoms with Crippen molar-refractivity contribution < 1.29 is 13.9 Å². The zero-order valence-corrected chi connectivity index (χ0v) is 13.8. The Labute approximate surface area is 135 Å². The Balaban J connectivity index is 1.99. The molecule has 1 atom stereocenters. The quantitative estimate of drug-likeness (QED) is 0.604. The van der Waals surface area contributed by atoms with Crippen LogP contribution in [0.15, 0.2) is 45.8 Å². The van der Waals surface area contributed by atoms with Crippen LogP contribution in [0.1, 0.15) is 11.1 Å². The van der Waals surface area contributed by atoms with Gasteiger partial charge in [0, 0.05) is 22.6 Å². The number of aliphatic hydroxyl groups is 1. The van der Waals surface area contributed by atoms with E-state index in [1.807, 2.05) is 31.2 Å². The smallest absolute Gasteiger partial charge is 0.143 e. The Morgan fingerprint density at radius 1 is 1.24 bits per heavy atom. The van der Waals surface area contributed by atoms with E-state index in [1.165, 1.54) is 23.9 Å². The minimum atomic E-state index is -0.811. The molecule has 0 saturated heterocycles. The van der Waals surface area contributed by atoms with E-state index in [2.05, 4.69) is 15.9 Å². The highest BCUT2D eigenvalue weighted by molar-refractivity contribution is 9.10. The molecule has 1 unspecified atom stereocenters. The summed E-state index contributed by atoms with van der Waals surface area (Å²) >= 11 is 4.50. The molecule has 0 aliphatic heterocycles. The molecule has 0 fully saturated rings. The van der Waals surface area contributed by atoms with Crippen LogP contribution in [0.25, 0.3) is 0 Å². The third kappa shape index (κ3) is 4.53. The lowest BCUT2D eigenvalue weighted by Crippen LogP contribution is -2.16. The monoisotopic (exact) mass is 372 g/mol. The first-order valence-corrected chi connectivity index (χ1v) is 8.25. The van der Waals surface area contributed by atoms with Gasteiger partial charge in [-0.2, -0.15) is 0 Å². The summed E-state index contributed by atoms with van der Waals surface area (Å²) in [6.45, 7) is 1.99. The number of thioether (sulfide) groups is 1. The summed E-state index contributed by atoms with van der Waals surface area (Å²) in [5, 5.41) is 10.0. The molecule has 2 aromatic rings. The van der Waals surface area contributed by atoms with E-state index in [9.17, 15) is 13.9 Å². The lowest BCUT2D eigenvalue weighted by molar-refractivity contribution is 0.197. The highest BCUT2D eigenvalue weighted by Gasteiger charge is 2.16. The molecular weight excluding hydrogens is 358 g/mol. The van der Waals surface area contributed by atoms with E-state index >= 15 is 0 Å². The summed E-state index contributed by atoms with van der Waals surface area (Å²) in [6, 6.07) is 10.4. The van der Waals surface area contributed by atoms with Crippen LogP contribution < -0.4 is 0 Å². The maximum atomic E-state index is 13.8. The first-order chi connectivity index (χ1) is 9.97. The lowest BCUT2D eigenvalue weighted by atomic mass is 10.1. The third-order valence-corrected chi connectivity index (χ3v) is 4.76. The van der Waals surface area contributed by atoms with Crippen molar-refractivity contribution in [1.82, 2.24) is 0 Å². The van der Waals surface area contributed by atoms with Crippen LogP contribution in [0, 0.1) is 18.6 Å². The van der Waals surface area contributed by atoms with Gasteiger partial charge < -0.3 is 5.11 Å². The number of rotatable bonds is 5. The molecule has 1 N–H and O–H groups in total. The van der Waals surface area contributed by atoms with Crippen LogP contribution in [0.5, 0.6) is 0 Å². The van der Waals surface area contributed by atoms with E-state index in [0.29, 0.717) is 5.75 Å². The van der Waals surface area contributed by atoms with Crippen molar-refractivity contribution >= 4 is 27.7 Å². The molecule has 0 aromatic heterocycles. The van der Waals surface area contributed by atoms with Crippen LogP contribution in [-0.4, -0.2) is 17.0 Å². The largest absolute Gasteiger partial charge is 0.392 e. The number of benzene rings is 2. The molecular formula is C16H15BrF2OS. The fourth-order valence-electron chi connectivity index (χ4n) is 1.95. The molecule has 0 aliphatic carbocycles. The Kier molecular flexibility index (Phi) is 5.79. The maximum Gasteiger partial charge on any atom is 0.143 e. The van der Waals surface area contributed by atoms with Crippen molar-refractivity contribution in [2.45, 2.75) is 24.3 Å². The average molecular weight is 373 g/mol. The Bertz CT molecular complexity index is 634. The van der Waals surface area contributed by atoms with Crippen LogP contribution in [0.4, 0.5) is 8.78 Å². The van der Waals surface area contributed by atoms with Crippen molar-refractivity contribution in [2.75, 3.05) is 5.75 Å². The molecule has 21 heavy (non-hydrogen) atoms. The summed E-state index contributed by atoms with van der Waals surface area (Å²) in [4.78, 5) is 1.03. The summed E-state index contributed by atoms with van der Waals surface area (Å²) in [7, 11) is 0. The van der Waals surface area contributed by atoms with Gasteiger partial charge in [-0.3, -0.25) is 0 Å². The van der Waals surface area contributed by atoms with Gasteiger partial charge in [0.25, 0.3) is 0 Å². The van der Waals surface area contributed by atoms with E-state index in [0.717, 1.165) is 10.5 Å². The molecule has 1 nitrogen and oxygen atoms in total. The van der Waals surface area contributed by atoms with Crippen molar-refractivity contribution in [3.8, 4) is 0 Å². The van der Waals surface area contributed by atoms with Crippen molar-refractivity contribution in [2.24, 2.45) is 0 Å². The molecule has 5 heteroatoms. The predicted molar refractivity (Wildman–Crippen MR) is 85.7 cm³/mol. The molecule has 0 aliphatic rings. The number of halogens is 3. The van der Waals surface area contributed by atoms with E-state index in [4.69, 9.17) is 0 Å². The van der Waals surface area contributed by atoms with Crippen LogP contribution in [0.2, 0.25) is 0 Å². The number of aliphatic hydroxyl groups excluding tert-OH is 1. The van der Waals surface area contributed by atoms with Gasteiger partial charge in [0.05, 0.1) is 10.6 Å². The molecule has 0 bridgehead atoms. The van der Waals surface area contributed by atoms with Gasteiger partial charge in [0.2, 0.25) is 0 Å². The maximum absolute atomic E-state index is 13.8. The van der Waals surface area contributed by atoms with Gasteiger partial charge in [0.15, 0.2) is 0 Å². The van der Waals surface area contributed by atoms with Gasteiger partial charge in [-0.05, 0) is 47.1 Å². The second-order valence-electron chi connectivity index (χ2n) is 4.81. The van der Waals surface area contributed by atoms with Crippen molar-refractivity contribution in [1.29, 1.82) is 0 Å². The molecule has 0 spiro atoms. The SMILES string of the molecule is Cc1cccc(SCC(O)Cc2c(F)ccc(Br)c2F)c1. The fraction of sp³-hybridized carbons (Fsp3) is 0.250. The van der Waals surface area contributed by atoms with E-state index < -0.39 is 17.7 Å². The van der Waals surface area contributed by atoms with Gasteiger partial charge >= 0.3 is 0 Å². The van der Waals surface area contributed by atoms with Gasteiger partial charge in [0.1, 0.15) is 11.6 Å². The Morgan fingerprint density at radius 3 is 2.71 bits per heavy atom. The summed E-state index contributed by atoms with van der Waals surface area (Å²) < 4.78 is 27.7. The second kappa shape index (κ2) is 7.38. The normalized spacial score (nSPS) is 12.4. The van der Waals surface area contributed by atoms with Gasteiger partial charge in [-0.25, -0.2) is 8.78 Å². The molecule has 112 valence electrons. The summed E-state index contributed by atoms with van der Waals surface area (Å²) in [6.07, 6.45) is -0.857. The van der Waals surface area contributed by atoms with Crippen LogP contribution >= 0.6 is 27.7 Å². The van der Waals surface area contributed by atoms with E-state index in [1.54, 1.807) is 0 Å². The van der Waals surface area contributed by atoms with E-state index in [-0.39, 0.29) is 16.5 Å². The molecule has 2 rings (SSSR count). The van der Waals surface area contributed by atoms with Gasteiger partial charge in [-0.15, -0.1) is 11.8 Å². The lowest BCUT2D eigenvalue weighted by Gasteiger charge is -2.12. The van der Waals surface area contributed by atoms with Crippen molar-refractivity contribution in [3.63, 3.8) is 0 Å². The summed E-state index contributed by atoms with van der Waals surface area (Å²) in [5.74, 6) is -0.889. The Morgan fingerprint density at radius 2 is 2.00 bits per heavy atom. The summed E-state index contributed by atoms with van der Waals surface area (Å²) in [5.41, 5.74) is 1.06. The molecule has 0 amide bonds. The zero-order chi connectivity index (χ0) is 15.4. The predicted octanol–water partition coefficient (Wildman–Crippen LogP) is 4.73. The van der Waals surface area contributed by atoms with Crippen LogP contribution in [0.3, 0.4) is 0 Å². The first kappa shape index (κ1) is 16.5. The third-order valence-electron chi connectivity index (χ3n) is 3.01. The molecule has 0 saturated carbocycles. The first-order valence-electron chi connectivity index (χ1n) is 6.47. The number of aryl methyl sites for hydroxylation is 1. The molecule has 0 radical (unpaired) electrons. The standard InChI is InChI=1S/C16H15BrF2OS/c1-10-3-2-4-12(7-10)21-9-11(20)8-13-15(18)6-5-14(17)16(13)19/h2-7,11,20H,8-9H2,1H3. The molecule has 2 aromatic carbocycles. The number of hydrogen-bond acceptors (Lipinski definition) is 2. The average Bonchev–Trinajstić information content (AvgIpc) is 2.46. The van der Waals surface area contributed by atoms with Crippen LogP contribution in [-0.2, 0) is 6.42 Å². The minimum Gasteiger partial charge on any atom is -0.392 e. The topological polar surface area (TPSA) is 20.2 Å². The Hall–Kier alpha value is -0.910. The second-order valence-corrected chi connectivity index (χ2v) is 6.75. The molecule has 0 heterocycles. The number of hydrogen-bond donors (Lipinski definition) is 1. The highest BCUT2D eigenvalue weighted by atomic mass is 79.9. The van der Waals surface area contributed by atoms with Gasteiger partial charge in [-0.1, -0.05) is 17.7 Å². The fourth-order valence-corrected chi connectivity index (χ4v) is 3.27. The zero-order valence-electron chi connectivity index (χ0n) is 11.4. The van der Waals surface area contributed by atoms with Crippen molar-refractivity contribution in [3.05, 3.63) is 63.6 Å².